The summed E-state index contributed by atoms with van der Waals surface area (Å²) in [5, 5.41) is 2.95. The van der Waals surface area contributed by atoms with E-state index in [9.17, 15) is 4.79 Å². The Morgan fingerprint density at radius 3 is 2.75 bits per heavy atom. The summed E-state index contributed by atoms with van der Waals surface area (Å²) in [6.07, 6.45) is 1.40. The Balaban J connectivity index is 1.96. The molecule has 4 nitrogen and oxygen atoms in total. The summed E-state index contributed by atoms with van der Waals surface area (Å²) in [5.74, 6) is 0.622. The summed E-state index contributed by atoms with van der Waals surface area (Å²) < 4.78 is 11.2. The summed E-state index contributed by atoms with van der Waals surface area (Å²) in [6, 6.07) is 7.33. The third-order valence-corrected chi connectivity index (χ3v) is 3.08. The van der Waals surface area contributed by atoms with Crippen LogP contribution < -0.4 is 10.1 Å². The molecule has 4 heteroatoms. The largest absolute Gasteiger partial charge is 0.467 e. The van der Waals surface area contributed by atoms with Gasteiger partial charge in [-0.25, -0.2) is 0 Å². The van der Waals surface area contributed by atoms with Gasteiger partial charge in [0.25, 0.3) is 5.91 Å². The molecule has 1 saturated heterocycles. The van der Waals surface area contributed by atoms with Crippen molar-refractivity contribution in [3.63, 3.8) is 0 Å². The van der Waals surface area contributed by atoms with E-state index >= 15 is 0 Å². The number of benzene rings is 1. The summed E-state index contributed by atoms with van der Waals surface area (Å²) in [4.78, 5) is 11.9. The lowest BCUT2D eigenvalue weighted by Crippen LogP contribution is -2.58. The van der Waals surface area contributed by atoms with E-state index in [1.807, 2.05) is 18.2 Å². The molecule has 0 radical (unpaired) electrons. The Bertz CT molecular complexity index is 424. The highest BCUT2D eigenvalue weighted by molar-refractivity contribution is 5.98. The van der Waals surface area contributed by atoms with Crippen molar-refractivity contribution >= 4 is 5.91 Å². The van der Waals surface area contributed by atoms with Gasteiger partial charge in [0, 0.05) is 12.8 Å². The van der Waals surface area contributed by atoms with Crippen LogP contribution in [0, 0.1) is 0 Å². The fourth-order valence-corrected chi connectivity index (χ4v) is 2.18. The molecule has 0 bridgehead atoms. The van der Waals surface area contributed by atoms with E-state index in [0.29, 0.717) is 37.4 Å². The molecule has 2 aliphatic rings. The van der Waals surface area contributed by atoms with Crippen LogP contribution in [0.2, 0.25) is 0 Å². The van der Waals surface area contributed by atoms with E-state index in [2.05, 4.69) is 5.32 Å². The Morgan fingerprint density at radius 2 is 1.94 bits per heavy atom. The number of ether oxygens (including phenoxy) is 2. The predicted octanol–water partition coefficient (Wildman–Crippen LogP) is 1.32. The van der Waals surface area contributed by atoms with Gasteiger partial charge in [-0.3, -0.25) is 4.79 Å². The highest BCUT2D eigenvalue weighted by Gasteiger charge is 2.40. The van der Waals surface area contributed by atoms with Crippen molar-refractivity contribution in [2.24, 2.45) is 0 Å². The van der Waals surface area contributed by atoms with Crippen LogP contribution in [0.1, 0.15) is 23.2 Å². The van der Waals surface area contributed by atoms with Gasteiger partial charge >= 0.3 is 0 Å². The van der Waals surface area contributed by atoms with Crippen LogP contribution in [0.4, 0.5) is 0 Å². The first kappa shape index (κ1) is 9.66. The maximum absolute atomic E-state index is 11.9. The standard InChI is InChI=1S/C12H13NO3/c14-11-9-3-1-2-4-10(9)16-12(13-11)5-7-15-8-6-12/h1-4H,5-8H2,(H,13,14). The average Bonchev–Trinajstić information content (AvgIpc) is 2.30. The van der Waals surface area contributed by atoms with Crippen molar-refractivity contribution in [1.82, 2.24) is 5.32 Å². The molecule has 1 fully saturated rings. The SMILES string of the molecule is O=C1NC2(CCOCC2)Oc2ccccc21. The Labute approximate surface area is 93.5 Å². The molecule has 1 aromatic carbocycles. The summed E-state index contributed by atoms with van der Waals surface area (Å²) in [5.41, 5.74) is 0.0589. The first-order valence-corrected chi connectivity index (χ1v) is 5.47. The normalized spacial score (nSPS) is 22.1. The number of para-hydroxylation sites is 1. The van der Waals surface area contributed by atoms with Gasteiger partial charge in [-0.2, -0.15) is 0 Å². The molecule has 0 unspecified atom stereocenters. The zero-order chi connectivity index (χ0) is 11.0. The van der Waals surface area contributed by atoms with Gasteiger partial charge in [0.2, 0.25) is 0 Å². The van der Waals surface area contributed by atoms with Crippen LogP contribution in [0.25, 0.3) is 0 Å². The highest BCUT2D eigenvalue weighted by atomic mass is 16.5. The molecule has 0 saturated carbocycles. The van der Waals surface area contributed by atoms with Gasteiger partial charge in [-0.05, 0) is 12.1 Å². The summed E-state index contributed by atoms with van der Waals surface area (Å²) in [6.45, 7) is 1.25. The van der Waals surface area contributed by atoms with E-state index in [1.165, 1.54) is 0 Å². The number of hydrogen-bond donors (Lipinski definition) is 1. The third-order valence-electron chi connectivity index (χ3n) is 3.08. The Hall–Kier alpha value is -1.55. The molecule has 2 heterocycles. The minimum absolute atomic E-state index is 0.0521. The zero-order valence-corrected chi connectivity index (χ0v) is 8.86. The molecule has 3 rings (SSSR count). The number of fused-ring (bicyclic) bond motifs is 1. The molecule has 16 heavy (non-hydrogen) atoms. The molecule has 0 atom stereocenters. The van der Waals surface area contributed by atoms with Crippen molar-refractivity contribution in [1.29, 1.82) is 0 Å². The van der Waals surface area contributed by atoms with Gasteiger partial charge in [-0.15, -0.1) is 0 Å². The van der Waals surface area contributed by atoms with Crippen molar-refractivity contribution < 1.29 is 14.3 Å². The van der Waals surface area contributed by atoms with Crippen LogP contribution in [-0.2, 0) is 4.74 Å². The number of rotatable bonds is 0. The third kappa shape index (κ3) is 1.46. The topological polar surface area (TPSA) is 47.6 Å². The quantitative estimate of drug-likeness (QED) is 0.715. The van der Waals surface area contributed by atoms with Crippen LogP contribution in [-0.4, -0.2) is 24.8 Å². The zero-order valence-electron chi connectivity index (χ0n) is 8.86. The minimum Gasteiger partial charge on any atom is -0.467 e. The van der Waals surface area contributed by atoms with E-state index in [1.54, 1.807) is 6.07 Å². The summed E-state index contributed by atoms with van der Waals surface area (Å²) >= 11 is 0. The second-order valence-electron chi connectivity index (χ2n) is 4.16. The van der Waals surface area contributed by atoms with Crippen LogP contribution in [0.3, 0.4) is 0 Å². The number of amides is 1. The van der Waals surface area contributed by atoms with Crippen LogP contribution in [0.15, 0.2) is 24.3 Å². The molecule has 1 N–H and O–H groups in total. The first-order chi connectivity index (χ1) is 7.79. The molecular weight excluding hydrogens is 206 g/mol. The number of nitrogens with one attached hydrogen (secondary N) is 1. The molecule has 2 aliphatic heterocycles. The van der Waals surface area contributed by atoms with E-state index < -0.39 is 5.72 Å². The number of carbonyl (C=O) groups excluding carboxylic acids is 1. The second kappa shape index (κ2) is 3.49. The van der Waals surface area contributed by atoms with E-state index in [4.69, 9.17) is 9.47 Å². The van der Waals surface area contributed by atoms with Gasteiger partial charge in [0.05, 0.1) is 18.8 Å². The van der Waals surface area contributed by atoms with Crippen molar-refractivity contribution in [3.8, 4) is 5.75 Å². The smallest absolute Gasteiger partial charge is 0.258 e. The highest BCUT2D eigenvalue weighted by Crippen LogP contribution is 2.32. The molecular formula is C12H13NO3. The van der Waals surface area contributed by atoms with E-state index in [-0.39, 0.29) is 5.91 Å². The fourth-order valence-electron chi connectivity index (χ4n) is 2.18. The average molecular weight is 219 g/mol. The summed E-state index contributed by atoms with van der Waals surface area (Å²) in [7, 11) is 0. The van der Waals surface area contributed by atoms with Crippen molar-refractivity contribution in [3.05, 3.63) is 29.8 Å². The number of hydrogen-bond acceptors (Lipinski definition) is 3. The molecule has 0 aliphatic carbocycles. The maximum atomic E-state index is 11.9. The molecule has 1 aromatic rings. The molecule has 1 amide bonds. The first-order valence-electron chi connectivity index (χ1n) is 5.47. The van der Waals surface area contributed by atoms with Gasteiger partial charge in [-0.1, -0.05) is 12.1 Å². The number of carbonyl (C=O) groups is 1. The minimum atomic E-state index is -0.552. The lowest BCUT2D eigenvalue weighted by Gasteiger charge is -2.41. The predicted molar refractivity (Wildman–Crippen MR) is 57.3 cm³/mol. The molecule has 0 aromatic heterocycles. The van der Waals surface area contributed by atoms with Gasteiger partial charge < -0.3 is 14.8 Å². The Morgan fingerprint density at radius 1 is 1.19 bits per heavy atom. The van der Waals surface area contributed by atoms with Gasteiger partial charge in [0.1, 0.15) is 5.75 Å². The maximum Gasteiger partial charge on any atom is 0.258 e. The van der Waals surface area contributed by atoms with E-state index in [0.717, 1.165) is 0 Å². The van der Waals surface area contributed by atoms with Crippen LogP contribution in [0.5, 0.6) is 5.75 Å². The lowest BCUT2D eigenvalue weighted by atomic mass is 10.0. The fraction of sp³-hybridized carbons (Fsp3) is 0.417. The van der Waals surface area contributed by atoms with Gasteiger partial charge in [0.15, 0.2) is 5.72 Å². The van der Waals surface area contributed by atoms with Crippen LogP contribution >= 0.6 is 0 Å². The monoisotopic (exact) mass is 219 g/mol. The molecule has 84 valence electrons. The lowest BCUT2D eigenvalue weighted by molar-refractivity contribution is -0.0661. The second-order valence-corrected chi connectivity index (χ2v) is 4.16. The van der Waals surface area contributed by atoms with Crippen molar-refractivity contribution in [2.45, 2.75) is 18.6 Å². The van der Waals surface area contributed by atoms with Crippen molar-refractivity contribution in [2.75, 3.05) is 13.2 Å². The molecule has 1 spiro atoms. The Kier molecular flexibility index (Phi) is 2.11.